The number of rotatable bonds is 8. The van der Waals surface area contributed by atoms with E-state index >= 15 is 0 Å². The lowest BCUT2D eigenvalue weighted by atomic mass is 10.1. The maximum atomic E-state index is 12.6. The number of carbonyl (C=O) groups excluding carboxylic acids is 1. The highest BCUT2D eigenvalue weighted by Crippen LogP contribution is 2.35. The van der Waals surface area contributed by atoms with E-state index in [1.54, 1.807) is 6.07 Å². The average molecular weight is 432 g/mol. The smallest absolute Gasteiger partial charge is 0.270 e. The van der Waals surface area contributed by atoms with E-state index in [9.17, 15) is 14.9 Å². The highest BCUT2D eigenvalue weighted by atomic mass is 79.9. The number of amides is 1. The summed E-state index contributed by atoms with van der Waals surface area (Å²) in [5.74, 6) is 0.514. The Morgan fingerprint density at radius 2 is 2.00 bits per heavy atom. The van der Waals surface area contributed by atoms with E-state index in [4.69, 9.17) is 0 Å². The molecule has 27 heavy (non-hydrogen) atoms. The number of hydrogen-bond acceptors (Lipinski definition) is 4. The Balaban J connectivity index is 1.67. The molecule has 1 amide bonds. The first-order valence-electron chi connectivity index (χ1n) is 8.96. The van der Waals surface area contributed by atoms with Crippen molar-refractivity contribution in [3.05, 3.63) is 68.7 Å². The summed E-state index contributed by atoms with van der Waals surface area (Å²) in [5.41, 5.74) is 1.69. The van der Waals surface area contributed by atoms with Crippen LogP contribution >= 0.6 is 15.9 Å². The van der Waals surface area contributed by atoms with Crippen LogP contribution in [-0.4, -0.2) is 28.3 Å². The summed E-state index contributed by atoms with van der Waals surface area (Å²) < 4.78 is 0.495. The molecule has 1 fully saturated rings. The molecule has 1 saturated carbocycles. The topological polar surface area (TPSA) is 75.5 Å². The summed E-state index contributed by atoms with van der Waals surface area (Å²) >= 11 is 3.29. The van der Waals surface area contributed by atoms with Gasteiger partial charge in [-0.3, -0.25) is 19.8 Å². The fourth-order valence-electron chi connectivity index (χ4n) is 3.13. The van der Waals surface area contributed by atoms with Crippen LogP contribution in [0.15, 0.2) is 53.0 Å². The average Bonchev–Trinajstić information content (AvgIpc) is 3.48. The zero-order valence-electron chi connectivity index (χ0n) is 15.1. The van der Waals surface area contributed by atoms with Gasteiger partial charge in [0, 0.05) is 29.2 Å². The number of nitro benzene ring substituents is 1. The van der Waals surface area contributed by atoms with Crippen molar-refractivity contribution < 1.29 is 9.72 Å². The molecule has 2 aromatic rings. The van der Waals surface area contributed by atoms with Crippen molar-refractivity contribution >= 4 is 33.2 Å². The number of benzene rings is 2. The molecule has 0 bridgehead atoms. The molecular weight excluding hydrogens is 410 g/mol. The van der Waals surface area contributed by atoms with Gasteiger partial charge in [0.15, 0.2) is 0 Å². The summed E-state index contributed by atoms with van der Waals surface area (Å²) in [4.78, 5) is 25.2. The second-order valence-electron chi connectivity index (χ2n) is 6.94. The molecule has 0 aromatic heterocycles. The second kappa shape index (κ2) is 8.63. The van der Waals surface area contributed by atoms with Gasteiger partial charge in [-0.05, 0) is 53.2 Å². The van der Waals surface area contributed by atoms with Crippen LogP contribution in [-0.2, 0) is 11.3 Å². The van der Waals surface area contributed by atoms with Gasteiger partial charge < -0.3 is 5.32 Å². The minimum Gasteiger partial charge on any atom is -0.324 e. The SMILES string of the molecule is CC(C1CC1)N(CC(=O)Nc1ccc([N+](=O)[O-])cc1Br)Cc1ccccc1. The molecule has 1 aliphatic carbocycles. The van der Waals surface area contributed by atoms with Crippen LogP contribution in [0.1, 0.15) is 25.3 Å². The standard InChI is InChI=1S/C20H22BrN3O3/c1-14(16-7-8-16)23(12-15-5-3-2-4-6-15)13-20(25)22-19-10-9-17(24(26)27)11-18(19)21/h2-6,9-11,14,16H,7-8,12-13H2,1H3,(H,22,25). The van der Waals surface area contributed by atoms with Gasteiger partial charge >= 0.3 is 0 Å². The number of hydrogen-bond donors (Lipinski definition) is 1. The van der Waals surface area contributed by atoms with Gasteiger partial charge in [0.1, 0.15) is 0 Å². The van der Waals surface area contributed by atoms with E-state index in [1.807, 2.05) is 18.2 Å². The Labute approximate surface area is 166 Å². The Hall–Kier alpha value is -2.25. The molecular formula is C20H22BrN3O3. The number of nitro groups is 1. The summed E-state index contributed by atoms with van der Waals surface area (Å²) in [6, 6.07) is 14.8. The van der Waals surface area contributed by atoms with Crippen LogP contribution < -0.4 is 5.32 Å². The molecule has 6 nitrogen and oxygen atoms in total. The molecule has 1 unspecified atom stereocenters. The molecule has 1 N–H and O–H groups in total. The van der Waals surface area contributed by atoms with Crippen molar-refractivity contribution in [1.29, 1.82) is 0 Å². The van der Waals surface area contributed by atoms with Crippen LogP contribution in [0, 0.1) is 16.0 Å². The van der Waals surface area contributed by atoms with E-state index in [0.717, 1.165) is 0 Å². The first kappa shape index (κ1) is 19.5. The molecule has 1 atom stereocenters. The van der Waals surface area contributed by atoms with Crippen LogP contribution in [0.25, 0.3) is 0 Å². The summed E-state index contributed by atoms with van der Waals surface area (Å²) in [6.45, 7) is 3.17. The van der Waals surface area contributed by atoms with E-state index in [0.29, 0.717) is 28.7 Å². The van der Waals surface area contributed by atoms with E-state index < -0.39 is 4.92 Å². The maximum absolute atomic E-state index is 12.6. The first-order chi connectivity index (χ1) is 12.9. The highest BCUT2D eigenvalue weighted by Gasteiger charge is 2.32. The van der Waals surface area contributed by atoms with Gasteiger partial charge in [0.2, 0.25) is 5.91 Å². The van der Waals surface area contributed by atoms with Crippen molar-refractivity contribution in [2.45, 2.75) is 32.4 Å². The van der Waals surface area contributed by atoms with Crippen LogP contribution in [0.5, 0.6) is 0 Å². The molecule has 2 aromatic carbocycles. The molecule has 0 spiro atoms. The molecule has 0 heterocycles. The van der Waals surface area contributed by atoms with Gasteiger partial charge in [0.05, 0.1) is 17.2 Å². The Morgan fingerprint density at radius 1 is 1.30 bits per heavy atom. The second-order valence-corrected chi connectivity index (χ2v) is 7.79. The number of carbonyl (C=O) groups is 1. The van der Waals surface area contributed by atoms with Crippen LogP contribution in [0.2, 0.25) is 0 Å². The van der Waals surface area contributed by atoms with Crippen molar-refractivity contribution in [2.24, 2.45) is 5.92 Å². The molecule has 0 saturated heterocycles. The quantitative estimate of drug-likeness (QED) is 0.489. The predicted molar refractivity (Wildman–Crippen MR) is 108 cm³/mol. The Kier molecular flexibility index (Phi) is 6.23. The molecule has 1 aliphatic rings. The lowest BCUT2D eigenvalue weighted by molar-refractivity contribution is -0.384. The van der Waals surface area contributed by atoms with Gasteiger partial charge in [-0.15, -0.1) is 0 Å². The minimum atomic E-state index is -0.463. The van der Waals surface area contributed by atoms with Gasteiger partial charge in [-0.2, -0.15) is 0 Å². The Morgan fingerprint density at radius 3 is 2.59 bits per heavy atom. The maximum Gasteiger partial charge on any atom is 0.270 e. The summed E-state index contributed by atoms with van der Waals surface area (Å²) in [6.07, 6.45) is 2.42. The number of non-ortho nitro benzene ring substituents is 1. The molecule has 7 heteroatoms. The van der Waals surface area contributed by atoms with Gasteiger partial charge in [-0.1, -0.05) is 30.3 Å². The van der Waals surface area contributed by atoms with E-state index in [-0.39, 0.29) is 18.1 Å². The number of nitrogens with one attached hydrogen (secondary N) is 1. The normalized spacial score (nSPS) is 14.8. The van der Waals surface area contributed by atoms with Crippen molar-refractivity contribution in [3.8, 4) is 0 Å². The molecule has 3 rings (SSSR count). The largest absolute Gasteiger partial charge is 0.324 e. The highest BCUT2D eigenvalue weighted by molar-refractivity contribution is 9.10. The van der Waals surface area contributed by atoms with Gasteiger partial charge in [-0.25, -0.2) is 0 Å². The predicted octanol–water partition coefficient (Wildman–Crippen LogP) is 4.60. The van der Waals surface area contributed by atoms with E-state index in [2.05, 4.69) is 45.2 Å². The van der Waals surface area contributed by atoms with Crippen molar-refractivity contribution in [2.75, 3.05) is 11.9 Å². The number of halogens is 1. The molecule has 0 radical (unpaired) electrons. The summed E-state index contributed by atoms with van der Waals surface area (Å²) in [5, 5.41) is 13.7. The third kappa shape index (κ3) is 5.37. The lowest BCUT2D eigenvalue weighted by Gasteiger charge is -2.28. The van der Waals surface area contributed by atoms with Gasteiger partial charge in [0.25, 0.3) is 5.69 Å². The zero-order chi connectivity index (χ0) is 19.4. The zero-order valence-corrected chi connectivity index (χ0v) is 16.7. The molecule has 0 aliphatic heterocycles. The van der Waals surface area contributed by atoms with Crippen molar-refractivity contribution in [1.82, 2.24) is 4.90 Å². The third-order valence-electron chi connectivity index (χ3n) is 4.89. The Bertz CT molecular complexity index is 824. The van der Waals surface area contributed by atoms with E-state index in [1.165, 1.54) is 30.5 Å². The monoisotopic (exact) mass is 431 g/mol. The number of nitrogens with zero attached hydrogens (tertiary/aromatic N) is 2. The number of anilines is 1. The summed E-state index contributed by atoms with van der Waals surface area (Å²) in [7, 11) is 0. The first-order valence-corrected chi connectivity index (χ1v) is 9.75. The minimum absolute atomic E-state index is 0.0204. The lowest BCUT2D eigenvalue weighted by Crippen LogP contribution is -2.40. The fraction of sp³-hybridized carbons (Fsp3) is 0.350. The molecule has 142 valence electrons. The third-order valence-corrected chi connectivity index (χ3v) is 5.55. The van der Waals surface area contributed by atoms with Crippen LogP contribution in [0.3, 0.4) is 0 Å². The van der Waals surface area contributed by atoms with Crippen molar-refractivity contribution in [3.63, 3.8) is 0 Å². The van der Waals surface area contributed by atoms with Crippen LogP contribution in [0.4, 0.5) is 11.4 Å². The fourth-order valence-corrected chi connectivity index (χ4v) is 3.60.